The van der Waals surface area contributed by atoms with Gasteiger partial charge in [-0.2, -0.15) is 10.1 Å². The highest BCUT2D eigenvalue weighted by Crippen LogP contribution is 2.32. The number of nitrogens with zero attached hydrogens (tertiary/aromatic N) is 6. The van der Waals surface area contributed by atoms with Gasteiger partial charge in [0.05, 0.1) is 42.0 Å². The number of hydrogen-bond donors (Lipinski definition) is 3. The van der Waals surface area contributed by atoms with Crippen LogP contribution in [0.4, 0.5) is 17.5 Å². The van der Waals surface area contributed by atoms with Crippen LogP contribution < -0.4 is 35.9 Å². The summed E-state index contributed by atoms with van der Waals surface area (Å²) in [6.45, 7) is 1.46. The average molecular weight is 730 g/mol. The van der Waals surface area contributed by atoms with Crippen LogP contribution in [0.3, 0.4) is 0 Å². The van der Waals surface area contributed by atoms with Crippen LogP contribution in [0.15, 0.2) is 53.5 Å². The first-order chi connectivity index (χ1) is 25.1. The Bertz CT molecular complexity index is 2270. The lowest BCUT2D eigenvalue weighted by Crippen LogP contribution is -2.45. The maximum Gasteiger partial charge on any atom is 0.293 e. The number of ether oxygens (including phenoxy) is 3. The van der Waals surface area contributed by atoms with Gasteiger partial charge in [-0.25, -0.2) is 4.98 Å². The molecule has 17 heteroatoms. The molecule has 5 aromatic rings. The van der Waals surface area contributed by atoms with E-state index in [9.17, 15) is 19.2 Å². The number of imide groups is 1. The van der Waals surface area contributed by atoms with E-state index >= 15 is 0 Å². The van der Waals surface area contributed by atoms with Crippen LogP contribution in [-0.2, 0) is 33.2 Å². The van der Waals surface area contributed by atoms with E-state index in [-0.39, 0.29) is 54.8 Å². The third-order valence-corrected chi connectivity index (χ3v) is 9.38. The van der Waals surface area contributed by atoms with Gasteiger partial charge in [-0.3, -0.25) is 29.2 Å². The molecule has 0 bridgehead atoms. The number of aryl methyl sites for hydroxylation is 2. The van der Waals surface area contributed by atoms with E-state index < -0.39 is 5.92 Å². The zero-order valence-electron chi connectivity index (χ0n) is 28.6. The van der Waals surface area contributed by atoms with Crippen LogP contribution in [0.25, 0.3) is 21.8 Å². The van der Waals surface area contributed by atoms with Crippen LogP contribution in [0.1, 0.15) is 24.5 Å². The van der Waals surface area contributed by atoms with Gasteiger partial charge in [-0.05, 0) is 42.8 Å². The third kappa shape index (κ3) is 7.07. The van der Waals surface area contributed by atoms with Gasteiger partial charge in [0.1, 0.15) is 23.5 Å². The number of anilines is 3. The monoisotopic (exact) mass is 729 g/mol. The molecular weight excluding hydrogens is 694 g/mol. The average Bonchev–Trinajstić information content (AvgIpc) is 3.47. The van der Waals surface area contributed by atoms with Crippen molar-refractivity contribution in [2.75, 3.05) is 50.2 Å². The van der Waals surface area contributed by atoms with Crippen molar-refractivity contribution in [1.29, 1.82) is 0 Å². The SMILES string of the molecule is CNC(=O)COc1cc2cc(Nc3nc(N4CCO[C@H](COc5ccc6c(C7CCC(=O)NC7=O)nn(C)c6c5)C4)ncc3Cl)ccc2n(C)c1=O. The summed E-state index contributed by atoms with van der Waals surface area (Å²) in [6.07, 6.45) is 1.96. The zero-order valence-corrected chi connectivity index (χ0v) is 29.4. The topological polar surface area (TPSA) is 184 Å². The smallest absolute Gasteiger partial charge is 0.293 e. The molecule has 1 unspecified atom stereocenters. The van der Waals surface area contributed by atoms with E-state index in [1.54, 1.807) is 23.9 Å². The number of likely N-dealkylation sites (N-methyl/N-ethyl adjacent to an activating group) is 1. The number of carbonyl (C=O) groups is 3. The highest BCUT2D eigenvalue weighted by molar-refractivity contribution is 6.33. The number of hydrogen-bond acceptors (Lipinski definition) is 12. The number of carbonyl (C=O) groups excluding carboxylic acids is 3. The predicted molar refractivity (Wildman–Crippen MR) is 192 cm³/mol. The molecule has 2 aromatic carbocycles. The molecule has 2 fully saturated rings. The van der Waals surface area contributed by atoms with Gasteiger partial charge < -0.3 is 34.3 Å². The molecule has 0 saturated carbocycles. The van der Waals surface area contributed by atoms with Crippen molar-refractivity contribution in [3.8, 4) is 11.5 Å². The molecule has 3 amide bonds. The minimum absolute atomic E-state index is 0.0559. The summed E-state index contributed by atoms with van der Waals surface area (Å²) in [5, 5.41) is 14.6. The molecule has 3 N–H and O–H groups in total. The maximum absolute atomic E-state index is 12.8. The summed E-state index contributed by atoms with van der Waals surface area (Å²) in [5.74, 6) is 0.114. The van der Waals surface area contributed by atoms with Gasteiger partial charge in [0.15, 0.2) is 18.2 Å². The van der Waals surface area contributed by atoms with Crippen molar-refractivity contribution in [2.45, 2.75) is 24.9 Å². The third-order valence-electron chi connectivity index (χ3n) is 9.10. The molecule has 3 aromatic heterocycles. The van der Waals surface area contributed by atoms with E-state index in [4.69, 9.17) is 30.8 Å². The summed E-state index contributed by atoms with van der Waals surface area (Å²) in [6, 6.07) is 12.6. The molecule has 2 atom stereocenters. The van der Waals surface area contributed by atoms with E-state index in [2.05, 4.69) is 26.0 Å². The standard InChI is InChI=1S/C35H36ClN9O7/c1-37-30(47)18-52-28-13-19-12-20(4-8-26(19)43(2)34(28)49)39-32-25(36)15-38-35(41-32)45-10-11-50-22(16-45)17-51-21-5-6-23-27(14-21)44(3)42-31(23)24-7-9-29(46)40-33(24)48/h4-6,8,12-15,22,24H,7,9-11,16-18H2,1-3H3,(H,37,47)(H,38,39,41)(H,40,46,48)/t22-,24?/m0/s1. The number of aromatic nitrogens is 5. The summed E-state index contributed by atoms with van der Waals surface area (Å²) < 4.78 is 20.8. The zero-order chi connectivity index (χ0) is 36.5. The van der Waals surface area contributed by atoms with Crippen molar-refractivity contribution in [1.82, 2.24) is 34.9 Å². The fourth-order valence-corrected chi connectivity index (χ4v) is 6.48. The second kappa shape index (κ2) is 14.5. The number of morpholine rings is 1. The second-order valence-corrected chi connectivity index (χ2v) is 12.9. The van der Waals surface area contributed by atoms with Crippen LogP contribution in [0.5, 0.6) is 11.5 Å². The molecule has 2 aliphatic rings. The van der Waals surface area contributed by atoms with E-state index in [1.807, 2.05) is 42.3 Å². The van der Waals surface area contributed by atoms with Gasteiger partial charge in [0.2, 0.25) is 17.8 Å². The number of benzene rings is 2. The number of halogens is 1. The Hall–Kier alpha value is -5.74. The Kier molecular flexibility index (Phi) is 9.66. The van der Waals surface area contributed by atoms with Gasteiger partial charge in [0.25, 0.3) is 11.5 Å². The summed E-state index contributed by atoms with van der Waals surface area (Å²) in [7, 11) is 4.94. The van der Waals surface area contributed by atoms with E-state index in [0.29, 0.717) is 70.9 Å². The summed E-state index contributed by atoms with van der Waals surface area (Å²) in [4.78, 5) is 59.8. The molecule has 7 rings (SSSR count). The van der Waals surface area contributed by atoms with E-state index in [1.165, 1.54) is 17.8 Å². The molecular formula is C35H36ClN9O7. The number of piperidine rings is 1. The molecule has 52 heavy (non-hydrogen) atoms. The molecule has 0 aliphatic carbocycles. The van der Waals surface area contributed by atoms with Crippen LogP contribution in [0, 0.1) is 0 Å². The molecule has 16 nitrogen and oxygen atoms in total. The highest BCUT2D eigenvalue weighted by atomic mass is 35.5. The Morgan fingerprint density at radius 3 is 2.75 bits per heavy atom. The Morgan fingerprint density at radius 1 is 1.10 bits per heavy atom. The first-order valence-corrected chi connectivity index (χ1v) is 17.0. The molecule has 0 radical (unpaired) electrons. The summed E-state index contributed by atoms with van der Waals surface area (Å²) in [5.41, 5.74) is 2.44. The lowest BCUT2D eigenvalue weighted by atomic mass is 9.93. The number of rotatable bonds is 10. The lowest BCUT2D eigenvalue weighted by Gasteiger charge is -2.33. The van der Waals surface area contributed by atoms with Crippen molar-refractivity contribution in [3.05, 3.63) is 69.7 Å². The Morgan fingerprint density at radius 2 is 1.94 bits per heavy atom. The molecule has 5 heterocycles. The first-order valence-electron chi connectivity index (χ1n) is 16.6. The first kappa shape index (κ1) is 34.7. The van der Waals surface area contributed by atoms with Gasteiger partial charge >= 0.3 is 0 Å². The van der Waals surface area contributed by atoms with Crippen molar-refractivity contribution < 1.29 is 28.6 Å². The van der Waals surface area contributed by atoms with Crippen molar-refractivity contribution in [2.24, 2.45) is 14.1 Å². The second-order valence-electron chi connectivity index (χ2n) is 12.5. The summed E-state index contributed by atoms with van der Waals surface area (Å²) >= 11 is 6.52. The maximum atomic E-state index is 12.8. The van der Waals surface area contributed by atoms with Crippen LogP contribution in [-0.4, -0.2) is 88.1 Å². The van der Waals surface area contributed by atoms with Crippen molar-refractivity contribution in [3.63, 3.8) is 0 Å². The normalized spacial score (nSPS) is 17.7. The highest BCUT2D eigenvalue weighted by Gasteiger charge is 2.32. The quantitative estimate of drug-likeness (QED) is 0.179. The molecule has 2 saturated heterocycles. The predicted octanol–water partition coefficient (Wildman–Crippen LogP) is 2.54. The van der Waals surface area contributed by atoms with Crippen molar-refractivity contribution >= 4 is 68.6 Å². The lowest BCUT2D eigenvalue weighted by molar-refractivity contribution is -0.134. The van der Waals surface area contributed by atoms with Gasteiger partial charge in [-0.15, -0.1) is 0 Å². The Labute approximate surface area is 302 Å². The number of nitrogens with one attached hydrogen (secondary N) is 3. The molecule has 2 aliphatic heterocycles. The molecule has 270 valence electrons. The largest absolute Gasteiger partial charge is 0.491 e. The van der Waals surface area contributed by atoms with Gasteiger partial charge in [0, 0.05) is 56.6 Å². The fraction of sp³-hybridized carbons (Fsp3) is 0.343. The number of pyridine rings is 1. The molecule has 0 spiro atoms. The van der Waals surface area contributed by atoms with Gasteiger partial charge in [-0.1, -0.05) is 11.6 Å². The Balaban J connectivity index is 1.02. The van der Waals surface area contributed by atoms with Crippen LogP contribution >= 0.6 is 11.6 Å². The number of amides is 3. The minimum Gasteiger partial charge on any atom is -0.491 e. The fourth-order valence-electron chi connectivity index (χ4n) is 6.34. The van der Waals surface area contributed by atoms with Crippen LogP contribution in [0.2, 0.25) is 5.02 Å². The minimum atomic E-state index is -0.486. The van der Waals surface area contributed by atoms with E-state index in [0.717, 1.165) is 10.9 Å². The number of fused-ring (bicyclic) bond motifs is 2.